The van der Waals surface area contributed by atoms with Crippen LogP contribution in [-0.2, 0) is 6.54 Å². The fourth-order valence-corrected chi connectivity index (χ4v) is 0.623. The largest absolute Gasteiger partial charge is 0.505 e. The third-order valence-corrected chi connectivity index (χ3v) is 0.961. The van der Waals surface area contributed by atoms with Crippen molar-refractivity contribution in [1.29, 1.82) is 0 Å². The standard InChI is InChI=1S/C5H5F3N2O/c6-5(7,8)3-10-2-4(11)1-9-10/h1-2,11H,3H2. The summed E-state index contributed by atoms with van der Waals surface area (Å²) in [5.41, 5.74) is 0. The number of nitrogens with zero attached hydrogens (tertiary/aromatic N) is 2. The summed E-state index contributed by atoms with van der Waals surface area (Å²) in [6, 6.07) is 0. The topological polar surface area (TPSA) is 38.1 Å². The lowest BCUT2D eigenvalue weighted by molar-refractivity contribution is -0.142. The van der Waals surface area contributed by atoms with Crippen LogP contribution in [0, 0.1) is 0 Å². The summed E-state index contributed by atoms with van der Waals surface area (Å²) in [6.45, 7) is -1.17. The first-order chi connectivity index (χ1) is 4.97. The van der Waals surface area contributed by atoms with Crippen molar-refractivity contribution in [3.63, 3.8) is 0 Å². The fourth-order valence-electron chi connectivity index (χ4n) is 0.623. The first-order valence-electron chi connectivity index (χ1n) is 2.75. The molecule has 0 saturated heterocycles. The second kappa shape index (κ2) is 2.44. The SMILES string of the molecule is Oc1cnn(CC(F)(F)F)c1. The molecular weight excluding hydrogens is 161 g/mol. The van der Waals surface area contributed by atoms with E-state index in [2.05, 4.69) is 5.10 Å². The van der Waals surface area contributed by atoms with Crippen LogP contribution in [0.25, 0.3) is 0 Å². The second-order valence-electron chi connectivity index (χ2n) is 2.01. The van der Waals surface area contributed by atoms with E-state index < -0.39 is 12.7 Å². The molecule has 0 aliphatic carbocycles. The van der Waals surface area contributed by atoms with E-state index in [1.165, 1.54) is 0 Å². The van der Waals surface area contributed by atoms with Gasteiger partial charge in [-0.1, -0.05) is 0 Å². The molecule has 0 spiro atoms. The van der Waals surface area contributed by atoms with Crippen molar-refractivity contribution in [3.05, 3.63) is 12.4 Å². The predicted molar refractivity (Wildman–Crippen MR) is 29.9 cm³/mol. The molecule has 11 heavy (non-hydrogen) atoms. The highest BCUT2D eigenvalue weighted by Gasteiger charge is 2.28. The lowest BCUT2D eigenvalue weighted by Crippen LogP contribution is -2.17. The van der Waals surface area contributed by atoms with Gasteiger partial charge in [-0.2, -0.15) is 18.3 Å². The van der Waals surface area contributed by atoms with Gasteiger partial charge in [-0.05, 0) is 0 Å². The molecule has 1 heterocycles. The first kappa shape index (κ1) is 7.90. The molecule has 62 valence electrons. The Bertz CT molecular complexity index is 242. The van der Waals surface area contributed by atoms with Crippen LogP contribution >= 0.6 is 0 Å². The van der Waals surface area contributed by atoms with Gasteiger partial charge >= 0.3 is 6.18 Å². The van der Waals surface area contributed by atoms with Gasteiger partial charge in [0.05, 0.1) is 12.4 Å². The summed E-state index contributed by atoms with van der Waals surface area (Å²) in [5, 5.41) is 11.8. The molecule has 1 aromatic heterocycles. The number of alkyl halides is 3. The van der Waals surface area contributed by atoms with Gasteiger partial charge in [-0.25, -0.2) is 0 Å². The molecule has 1 rings (SSSR count). The van der Waals surface area contributed by atoms with Crippen molar-refractivity contribution >= 4 is 0 Å². The summed E-state index contributed by atoms with van der Waals surface area (Å²) >= 11 is 0. The Labute approximate surface area is 60.1 Å². The lowest BCUT2D eigenvalue weighted by atomic mass is 10.6. The van der Waals surface area contributed by atoms with E-state index in [4.69, 9.17) is 5.11 Å². The molecule has 1 N–H and O–H groups in total. The highest BCUT2D eigenvalue weighted by molar-refractivity contribution is 5.08. The van der Waals surface area contributed by atoms with Crippen LogP contribution in [0.1, 0.15) is 0 Å². The number of aromatic hydroxyl groups is 1. The molecule has 0 fully saturated rings. The molecule has 0 amide bonds. The number of rotatable bonds is 1. The van der Waals surface area contributed by atoms with Gasteiger partial charge in [0.15, 0.2) is 5.75 Å². The summed E-state index contributed by atoms with van der Waals surface area (Å²) in [5.74, 6) is -0.269. The fraction of sp³-hybridized carbons (Fsp3) is 0.400. The Hall–Kier alpha value is -1.20. The first-order valence-corrected chi connectivity index (χ1v) is 2.75. The zero-order valence-electron chi connectivity index (χ0n) is 5.34. The zero-order chi connectivity index (χ0) is 8.48. The number of hydrogen-bond acceptors (Lipinski definition) is 2. The molecule has 6 heteroatoms. The van der Waals surface area contributed by atoms with Crippen LogP contribution < -0.4 is 0 Å². The minimum absolute atomic E-state index is 0.269. The number of halogens is 3. The van der Waals surface area contributed by atoms with Crippen molar-refractivity contribution in [3.8, 4) is 5.75 Å². The van der Waals surface area contributed by atoms with Crippen molar-refractivity contribution in [1.82, 2.24) is 9.78 Å². The van der Waals surface area contributed by atoms with E-state index in [0.717, 1.165) is 12.4 Å². The van der Waals surface area contributed by atoms with E-state index in [9.17, 15) is 13.2 Å². The highest BCUT2D eigenvalue weighted by atomic mass is 19.4. The van der Waals surface area contributed by atoms with Crippen molar-refractivity contribution < 1.29 is 18.3 Å². The average Bonchev–Trinajstić information content (AvgIpc) is 2.10. The molecule has 3 nitrogen and oxygen atoms in total. The van der Waals surface area contributed by atoms with Crippen LogP contribution in [0.15, 0.2) is 12.4 Å². The monoisotopic (exact) mass is 166 g/mol. The van der Waals surface area contributed by atoms with Crippen LogP contribution in [0.2, 0.25) is 0 Å². The highest BCUT2D eigenvalue weighted by Crippen LogP contribution is 2.17. The summed E-state index contributed by atoms with van der Waals surface area (Å²) in [4.78, 5) is 0. The molecule has 0 bridgehead atoms. The molecule has 0 aromatic carbocycles. The second-order valence-corrected chi connectivity index (χ2v) is 2.01. The van der Waals surface area contributed by atoms with E-state index >= 15 is 0 Å². The normalized spacial score (nSPS) is 11.9. The molecule has 0 saturated carbocycles. The molecule has 1 aromatic rings. The zero-order valence-corrected chi connectivity index (χ0v) is 5.34. The van der Waals surface area contributed by atoms with Gasteiger partial charge in [0.2, 0.25) is 0 Å². The number of hydrogen-bond donors (Lipinski definition) is 1. The maximum absolute atomic E-state index is 11.6. The van der Waals surface area contributed by atoms with Gasteiger partial charge < -0.3 is 5.11 Å². The third kappa shape index (κ3) is 2.48. The van der Waals surface area contributed by atoms with Gasteiger partial charge in [0.1, 0.15) is 6.54 Å². The van der Waals surface area contributed by atoms with Crippen molar-refractivity contribution in [2.24, 2.45) is 0 Å². The Morgan fingerprint density at radius 1 is 1.55 bits per heavy atom. The molecule has 0 unspecified atom stereocenters. The summed E-state index contributed by atoms with van der Waals surface area (Å²) < 4.78 is 35.4. The molecular formula is C5H5F3N2O. The minimum atomic E-state index is -4.29. The maximum atomic E-state index is 11.6. The Balaban J connectivity index is 2.65. The van der Waals surface area contributed by atoms with Crippen LogP contribution in [0.3, 0.4) is 0 Å². The van der Waals surface area contributed by atoms with Crippen molar-refractivity contribution in [2.45, 2.75) is 12.7 Å². The van der Waals surface area contributed by atoms with E-state index in [0.29, 0.717) is 4.68 Å². The van der Waals surface area contributed by atoms with Crippen LogP contribution in [0.4, 0.5) is 13.2 Å². The molecule has 0 radical (unpaired) electrons. The van der Waals surface area contributed by atoms with E-state index in [-0.39, 0.29) is 5.75 Å². The van der Waals surface area contributed by atoms with Gasteiger partial charge in [-0.15, -0.1) is 0 Å². The van der Waals surface area contributed by atoms with E-state index in [1.807, 2.05) is 0 Å². The third-order valence-electron chi connectivity index (χ3n) is 0.961. The average molecular weight is 166 g/mol. The Morgan fingerprint density at radius 2 is 2.18 bits per heavy atom. The smallest absolute Gasteiger partial charge is 0.408 e. The maximum Gasteiger partial charge on any atom is 0.408 e. The van der Waals surface area contributed by atoms with Gasteiger partial charge in [0, 0.05) is 0 Å². The van der Waals surface area contributed by atoms with Gasteiger partial charge in [-0.3, -0.25) is 4.68 Å². The van der Waals surface area contributed by atoms with Crippen molar-refractivity contribution in [2.75, 3.05) is 0 Å². The quantitative estimate of drug-likeness (QED) is 0.679. The molecule has 0 atom stereocenters. The Morgan fingerprint density at radius 3 is 2.55 bits per heavy atom. The minimum Gasteiger partial charge on any atom is -0.505 e. The summed E-state index contributed by atoms with van der Waals surface area (Å²) in [7, 11) is 0. The molecule has 0 aliphatic heterocycles. The lowest BCUT2D eigenvalue weighted by Gasteiger charge is -2.04. The number of aromatic nitrogens is 2. The van der Waals surface area contributed by atoms with E-state index in [1.54, 1.807) is 0 Å². The van der Waals surface area contributed by atoms with Gasteiger partial charge in [0.25, 0.3) is 0 Å². The predicted octanol–water partition coefficient (Wildman–Crippen LogP) is 1.15. The van der Waals surface area contributed by atoms with Crippen LogP contribution in [-0.4, -0.2) is 21.1 Å². The van der Waals surface area contributed by atoms with Crippen LogP contribution in [0.5, 0.6) is 5.75 Å². The summed E-state index contributed by atoms with van der Waals surface area (Å²) in [6.07, 6.45) is -2.43. The Kier molecular flexibility index (Phi) is 1.76. The molecule has 0 aliphatic rings.